The van der Waals surface area contributed by atoms with Gasteiger partial charge in [-0.05, 0) is 38.9 Å². The summed E-state index contributed by atoms with van der Waals surface area (Å²) in [5, 5.41) is 0. The highest BCUT2D eigenvalue weighted by molar-refractivity contribution is 5.19. The van der Waals surface area contributed by atoms with Crippen LogP contribution in [0.4, 0.5) is 0 Å². The Balaban J connectivity index is 1.11. The zero-order valence-corrected chi connectivity index (χ0v) is 41.3. The molecule has 0 bridgehead atoms. The second-order valence-electron chi connectivity index (χ2n) is 18.2. The Hall–Kier alpha value is -5.90. The van der Waals surface area contributed by atoms with E-state index < -0.39 is 61.4 Å². The van der Waals surface area contributed by atoms with Crippen molar-refractivity contribution in [3.05, 3.63) is 251 Å². The summed E-state index contributed by atoms with van der Waals surface area (Å²) in [5.74, 6) is 0. The summed E-state index contributed by atoms with van der Waals surface area (Å²) < 4.78 is 75.9. The molecule has 0 amide bonds. The molecule has 2 heterocycles. The molecular weight excluding hydrogens is 921 g/mol. The van der Waals surface area contributed by atoms with Gasteiger partial charge in [-0.25, -0.2) is 0 Å². The highest BCUT2D eigenvalue weighted by Gasteiger charge is 2.54. The standard InChI is InChI=1S/C62H66O11/c1-63-61-60(70-43-52-35-21-8-22-36-52)58(56(67-40-49-29-15-5-16-30-49)54(71-61)45-65-38-47-25-11-3-12-26-47)73-62-59(69-42-51-33-19-7-20-34-51)57(68-41-50-31-17-6-18-32-50)55(66-39-48-27-13-4-14-28-48)53(72-62)44-64-37-46-23-9-2-10-24-46/h2-36,53-62H,37-45H2,1H3/t53-,54-,55-,56-,57+,58+,59+,60+,61+,62+/m1/s1. The molecule has 2 aliphatic rings. The molecule has 7 aromatic carbocycles. The minimum Gasteiger partial charge on any atom is -0.374 e. The third-order valence-corrected chi connectivity index (χ3v) is 12.9. The summed E-state index contributed by atoms with van der Waals surface area (Å²) in [5.41, 5.74) is 6.95. The zero-order chi connectivity index (χ0) is 49.7. The largest absolute Gasteiger partial charge is 0.374 e. The fourth-order valence-corrected chi connectivity index (χ4v) is 9.15. The Morgan fingerprint density at radius 3 is 0.877 bits per heavy atom. The number of hydrogen-bond donors (Lipinski definition) is 0. The zero-order valence-electron chi connectivity index (χ0n) is 41.3. The second kappa shape index (κ2) is 28.0. The first kappa shape index (κ1) is 52.0. The molecule has 73 heavy (non-hydrogen) atoms. The van der Waals surface area contributed by atoms with E-state index in [0.29, 0.717) is 13.2 Å². The van der Waals surface area contributed by atoms with Crippen molar-refractivity contribution in [3.8, 4) is 0 Å². The van der Waals surface area contributed by atoms with E-state index in [0.717, 1.165) is 38.9 Å². The maximum atomic E-state index is 7.55. The van der Waals surface area contributed by atoms with Gasteiger partial charge in [0.2, 0.25) is 0 Å². The van der Waals surface area contributed by atoms with E-state index in [1.165, 1.54) is 0 Å². The van der Waals surface area contributed by atoms with Gasteiger partial charge < -0.3 is 52.1 Å². The third-order valence-electron chi connectivity index (χ3n) is 12.9. The molecule has 0 N–H and O–H groups in total. The van der Waals surface area contributed by atoms with E-state index in [-0.39, 0.29) is 46.2 Å². The molecule has 0 aromatic heterocycles. The lowest BCUT2D eigenvalue weighted by Crippen LogP contribution is -2.66. The summed E-state index contributed by atoms with van der Waals surface area (Å²) in [6.45, 7) is 2.30. The van der Waals surface area contributed by atoms with Crippen LogP contribution in [-0.2, 0) is 98.4 Å². The van der Waals surface area contributed by atoms with Gasteiger partial charge in [-0.1, -0.05) is 212 Å². The first-order valence-electron chi connectivity index (χ1n) is 25.2. The molecule has 0 unspecified atom stereocenters. The minimum atomic E-state index is -1.09. The van der Waals surface area contributed by atoms with Crippen molar-refractivity contribution in [1.82, 2.24) is 0 Å². The number of ether oxygens (including phenoxy) is 11. The molecule has 0 saturated carbocycles. The van der Waals surface area contributed by atoms with Crippen LogP contribution in [0, 0.1) is 0 Å². The average Bonchev–Trinajstić information content (AvgIpc) is 3.45. The van der Waals surface area contributed by atoms with E-state index in [1.54, 1.807) is 7.11 Å². The summed E-state index contributed by atoms with van der Waals surface area (Å²) in [6, 6.07) is 70.4. The van der Waals surface area contributed by atoms with Gasteiger partial charge in [0.15, 0.2) is 12.6 Å². The lowest BCUT2D eigenvalue weighted by atomic mass is 9.95. The van der Waals surface area contributed by atoms with Crippen LogP contribution in [0.25, 0.3) is 0 Å². The monoisotopic (exact) mass is 986 g/mol. The smallest absolute Gasteiger partial charge is 0.187 e. The molecule has 11 heteroatoms. The maximum absolute atomic E-state index is 7.55. The van der Waals surface area contributed by atoms with Gasteiger partial charge in [0.05, 0.1) is 59.5 Å². The van der Waals surface area contributed by atoms with E-state index in [4.69, 9.17) is 52.1 Å². The maximum Gasteiger partial charge on any atom is 0.187 e. The van der Waals surface area contributed by atoms with Gasteiger partial charge in [0.1, 0.15) is 48.8 Å². The summed E-state index contributed by atoms with van der Waals surface area (Å²) in [6.07, 6.45) is -8.16. The molecule has 10 atom stereocenters. The summed E-state index contributed by atoms with van der Waals surface area (Å²) in [4.78, 5) is 0. The molecule has 9 rings (SSSR count). The quantitative estimate of drug-likeness (QED) is 0.0518. The van der Waals surface area contributed by atoms with Crippen LogP contribution >= 0.6 is 0 Å². The van der Waals surface area contributed by atoms with Crippen molar-refractivity contribution in [2.24, 2.45) is 0 Å². The van der Waals surface area contributed by atoms with Crippen molar-refractivity contribution >= 4 is 0 Å². The summed E-state index contributed by atoms with van der Waals surface area (Å²) >= 11 is 0. The topological polar surface area (TPSA) is 102 Å². The van der Waals surface area contributed by atoms with Gasteiger partial charge in [-0.3, -0.25) is 0 Å². The molecule has 0 radical (unpaired) electrons. The van der Waals surface area contributed by atoms with E-state index in [2.05, 4.69) is 0 Å². The Labute approximate surface area is 429 Å². The van der Waals surface area contributed by atoms with E-state index in [1.807, 2.05) is 212 Å². The Morgan fingerprint density at radius 2 is 0.548 bits per heavy atom. The van der Waals surface area contributed by atoms with Crippen molar-refractivity contribution in [2.75, 3.05) is 20.3 Å². The first-order chi connectivity index (χ1) is 36.2. The molecule has 7 aromatic rings. The van der Waals surface area contributed by atoms with Crippen LogP contribution in [0.1, 0.15) is 38.9 Å². The molecule has 0 spiro atoms. The van der Waals surface area contributed by atoms with Crippen LogP contribution in [-0.4, -0.2) is 81.7 Å². The number of methoxy groups -OCH3 is 1. The molecule has 2 saturated heterocycles. The molecule has 2 aliphatic heterocycles. The van der Waals surface area contributed by atoms with E-state index in [9.17, 15) is 0 Å². The molecule has 0 aliphatic carbocycles. The van der Waals surface area contributed by atoms with Crippen LogP contribution in [0.3, 0.4) is 0 Å². The lowest BCUT2D eigenvalue weighted by Gasteiger charge is -2.50. The number of benzene rings is 7. The number of rotatable bonds is 26. The van der Waals surface area contributed by atoms with Crippen LogP contribution in [0.15, 0.2) is 212 Å². The first-order valence-corrected chi connectivity index (χ1v) is 25.2. The van der Waals surface area contributed by atoms with Gasteiger partial charge in [-0.15, -0.1) is 0 Å². The Bertz CT molecular complexity index is 2560. The predicted molar refractivity (Wildman–Crippen MR) is 276 cm³/mol. The van der Waals surface area contributed by atoms with Crippen LogP contribution in [0.5, 0.6) is 0 Å². The second-order valence-corrected chi connectivity index (χ2v) is 18.2. The summed E-state index contributed by atoms with van der Waals surface area (Å²) in [7, 11) is 1.61. The lowest BCUT2D eigenvalue weighted by molar-refractivity contribution is -0.377. The fraction of sp³-hybridized carbons (Fsp3) is 0.323. The van der Waals surface area contributed by atoms with Crippen molar-refractivity contribution in [2.45, 2.75) is 108 Å². The molecule has 2 fully saturated rings. The predicted octanol–water partition coefficient (Wildman–Crippen LogP) is 10.8. The molecule has 11 nitrogen and oxygen atoms in total. The third kappa shape index (κ3) is 15.3. The fourth-order valence-electron chi connectivity index (χ4n) is 9.15. The number of hydrogen-bond acceptors (Lipinski definition) is 11. The van der Waals surface area contributed by atoms with Gasteiger partial charge in [0, 0.05) is 7.11 Å². The highest BCUT2D eigenvalue weighted by Crippen LogP contribution is 2.37. The van der Waals surface area contributed by atoms with Crippen molar-refractivity contribution in [3.63, 3.8) is 0 Å². The Kier molecular flexibility index (Phi) is 19.9. The average molecular weight is 987 g/mol. The van der Waals surface area contributed by atoms with Gasteiger partial charge in [-0.2, -0.15) is 0 Å². The van der Waals surface area contributed by atoms with Crippen molar-refractivity contribution < 1.29 is 52.1 Å². The van der Waals surface area contributed by atoms with Crippen LogP contribution in [0.2, 0.25) is 0 Å². The van der Waals surface area contributed by atoms with E-state index >= 15 is 0 Å². The van der Waals surface area contributed by atoms with Gasteiger partial charge in [0.25, 0.3) is 0 Å². The SMILES string of the molecule is CO[C@H]1O[C@H](COCc2ccccc2)[C@@H](OCc2ccccc2)[C@H](O[C@@H]2O[C@H](COCc3ccccc3)[C@@H](OCc3ccccc3)[C@H](OCc3ccccc3)[C@@H]2OCc2ccccc2)[C@@H]1OCc1ccccc1. The highest BCUT2D eigenvalue weighted by atomic mass is 16.8. The van der Waals surface area contributed by atoms with Crippen molar-refractivity contribution in [1.29, 1.82) is 0 Å². The normalized spacial score (nSPS) is 24.0. The molecule has 380 valence electrons. The minimum absolute atomic E-state index is 0.150. The molecular formula is C62H66O11. The van der Waals surface area contributed by atoms with Crippen LogP contribution < -0.4 is 0 Å². The Morgan fingerprint density at radius 1 is 0.288 bits per heavy atom. The van der Waals surface area contributed by atoms with Gasteiger partial charge >= 0.3 is 0 Å².